The molecule has 1 N–H and O–H groups in total. The Morgan fingerprint density at radius 2 is 2.04 bits per heavy atom. The monoisotopic (exact) mass is 397 g/mol. The van der Waals surface area contributed by atoms with Crippen molar-refractivity contribution in [1.82, 2.24) is 9.78 Å². The molecule has 1 aromatic heterocycles. The van der Waals surface area contributed by atoms with E-state index in [0.717, 1.165) is 39.5 Å². The number of rotatable bonds is 3. The standard InChI is InChI=1S/C20H20BrN3O/c1-13-5-4-6-15(9-13)23-20(25)17-10-14(21)11-19-18(17)12-22-24(19)16-7-2-3-8-16/h4-6,9-12,16H,2-3,7-8H2,1H3,(H,23,25). The Morgan fingerprint density at radius 3 is 2.80 bits per heavy atom. The van der Waals surface area contributed by atoms with E-state index in [0.29, 0.717) is 11.6 Å². The molecule has 0 bridgehead atoms. The van der Waals surface area contributed by atoms with Crippen LogP contribution in [0.15, 0.2) is 47.1 Å². The summed E-state index contributed by atoms with van der Waals surface area (Å²) in [5, 5.41) is 8.50. The number of aryl methyl sites for hydroxylation is 1. The van der Waals surface area contributed by atoms with Gasteiger partial charge in [-0.1, -0.05) is 40.9 Å². The molecule has 128 valence electrons. The molecule has 2 aromatic carbocycles. The average molecular weight is 398 g/mol. The summed E-state index contributed by atoms with van der Waals surface area (Å²) in [7, 11) is 0. The van der Waals surface area contributed by atoms with Crippen molar-refractivity contribution < 1.29 is 4.79 Å². The Bertz CT molecular complexity index is 941. The first-order valence-corrected chi connectivity index (χ1v) is 9.46. The van der Waals surface area contributed by atoms with Crippen LogP contribution in [0.3, 0.4) is 0 Å². The molecular weight excluding hydrogens is 378 g/mol. The van der Waals surface area contributed by atoms with Crippen LogP contribution < -0.4 is 5.32 Å². The minimum Gasteiger partial charge on any atom is -0.322 e. The molecule has 0 unspecified atom stereocenters. The number of hydrogen-bond donors (Lipinski definition) is 1. The number of amides is 1. The number of benzene rings is 2. The van der Waals surface area contributed by atoms with Crippen molar-refractivity contribution in [1.29, 1.82) is 0 Å². The van der Waals surface area contributed by atoms with E-state index in [1.807, 2.05) is 43.5 Å². The van der Waals surface area contributed by atoms with Crippen LogP contribution in [0, 0.1) is 6.92 Å². The van der Waals surface area contributed by atoms with Crippen molar-refractivity contribution in [2.45, 2.75) is 38.6 Å². The molecule has 0 saturated heterocycles. The highest BCUT2D eigenvalue weighted by molar-refractivity contribution is 9.10. The molecular formula is C20H20BrN3O. The molecule has 0 radical (unpaired) electrons. The van der Waals surface area contributed by atoms with Crippen LogP contribution in [0.2, 0.25) is 0 Å². The van der Waals surface area contributed by atoms with Gasteiger partial charge in [-0.05, 0) is 49.6 Å². The number of hydrogen-bond acceptors (Lipinski definition) is 2. The van der Waals surface area contributed by atoms with E-state index in [1.54, 1.807) is 0 Å². The van der Waals surface area contributed by atoms with Gasteiger partial charge in [0.15, 0.2) is 0 Å². The Morgan fingerprint density at radius 1 is 1.24 bits per heavy atom. The SMILES string of the molecule is Cc1cccc(NC(=O)c2cc(Br)cc3c2cnn3C2CCCC2)c1. The zero-order chi connectivity index (χ0) is 17.4. The van der Waals surface area contributed by atoms with E-state index < -0.39 is 0 Å². The predicted molar refractivity (Wildman–Crippen MR) is 104 cm³/mol. The highest BCUT2D eigenvalue weighted by Crippen LogP contribution is 2.33. The van der Waals surface area contributed by atoms with E-state index in [4.69, 9.17) is 0 Å². The van der Waals surface area contributed by atoms with E-state index in [1.165, 1.54) is 12.8 Å². The van der Waals surface area contributed by atoms with Gasteiger partial charge in [0, 0.05) is 15.5 Å². The molecule has 1 amide bonds. The maximum atomic E-state index is 12.9. The number of anilines is 1. The van der Waals surface area contributed by atoms with Crippen LogP contribution in [-0.4, -0.2) is 15.7 Å². The van der Waals surface area contributed by atoms with Crippen LogP contribution in [-0.2, 0) is 0 Å². The van der Waals surface area contributed by atoms with Gasteiger partial charge >= 0.3 is 0 Å². The normalized spacial score (nSPS) is 15.0. The van der Waals surface area contributed by atoms with E-state index in [-0.39, 0.29) is 5.91 Å². The Hall–Kier alpha value is -2.14. The number of aromatic nitrogens is 2. The van der Waals surface area contributed by atoms with Crippen molar-refractivity contribution in [3.63, 3.8) is 0 Å². The van der Waals surface area contributed by atoms with Gasteiger partial charge in [-0.2, -0.15) is 5.10 Å². The number of fused-ring (bicyclic) bond motifs is 1. The van der Waals surface area contributed by atoms with Gasteiger partial charge in [0.25, 0.3) is 5.91 Å². The fraction of sp³-hybridized carbons (Fsp3) is 0.300. The summed E-state index contributed by atoms with van der Waals surface area (Å²) in [6.45, 7) is 2.01. The minimum atomic E-state index is -0.108. The average Bonchev–Trinajstić information content (AvgIpc) is 3.22. The predicted octanol–water partition coefficient (Wildman–Crippen LogP) is 5.47. The number of carbonyl (C=O) groups is 1. The largest absolute Gasteiger partial charge is 0.322 e. The molecule has 0 aliphatic heterocycles. The van der Waals surface area contributed by atoms with E-state index >= 15 is 0 Å². The van der Waals surface area contributed by atoms with Gasteiger partial charge in [0.1, 0.15) is 0 Å². The highest BCUT2D eigenvalue weighted by Gasteiger charge is 2.22. The first-order valence-electron chi connectivity index (χ1n) is 8.66. The fourth-order valence-corrected chi connectivity index (χ4v) is 4.11. The van der Waals surface area contributed by atoms with Crippen LogP contribution in [0.1, 0.15) is 47.6 Å². The van der Waals surface area contributed by atoms with Gasteiger partial charge in [-0.25, -0.2) is 0 Å². The summed E-state index contributed by atoms with van der Waals surface area (Å²) in [5.41, 5.74) is 3.60. The zero-order valence-electron chi connectivity index (χ0n) is 14.1. The molecule has 0 spiro atoms. The summed E-state index contributed by atoms with van der Waals surface area (Å²) in [5.74, 6) is -0.108. The lowest BCUT2D eigenvalue weighted by Gasteiger charge is -2.12. The molecule has 0 atom stereocenters. The number of carbonyl (C=O) groups excluding carboxylic acids is 1. The first kappa shape index (κ1) is 16.3. The van der Waals surface area contributed by atoms with Gasteiger partial charge in [-0.3, -0.25) is 9.48 Å². The first-order chi connectivity index (χ1) is 12.1. The molecule has 4 nitrogen and oxygen atoms in total. The third-order valence-electron chi connectivity index (χ3n) is 4.87. The Balaban J connectivity index is 1.72. The molecule has 25 heavy (non-hydrogen) atoms. The summed E-state index contributed by atoms with van der Waals surface area (Å²) in [4.78, 5) is 12.9. The topological polar surface area (TPSA) is 46.9 Å². The second kappa shape index (κ2) is 6.64. The lowest BCUT2D eigenvalue weighted by atomic mass is 10.1. The quantitative estimate of drug-likeness (QED) is 0.636. The Labute approximate surface area is 155 Å². The van der Waals surface area contributed by atoms with Crippen LogP contribution in [0.5, 0.6) is 0 Å². The van der Waals surface area contributed by atoms with Gasteiger partial charge < -0.3 is 5.32 Å². The molecule has 1 saturated carbocycles. The molecule has 1 fully saturated rings. The van der Waals surface area contributed by atoms with Crippen molar-refractivity contribution in [2.75, 3.05) is 5.32 Å². The minimum absolute atomic E-state index is 0.108. The summed E-state index contributed by atoms with van der Waals surface area (Å²) >= 11 is 3.55. The third kappa shape index (κ3) is 3.21. The van der Waals surface area contributed by atoms with Crippen LogP contribution in [0.25, 0.3) is 10.9 Å². The maximum Gasteiger partial charge on any atom is 0.256 e. The Kier molecular flexibility index (Phi) is 4.34. The number of nitrogens with one attached hydrogen (secondary N) is 1. The molecule has 4 rings (SSSR count). The van der Waals surface area contributed by atoms with Crippen molar-refractivity contribution in [2.24, 2.45) is 0 Å². The van der Waals surface area contributed by atoms with E-state index in [2.05, 4.69) is 37.1 Å². The summed E-state index contributed by atoms with van der Waals surface area (Å²) in [6, 6.07) is 12.2. The van der Waals surface area contributed by atoms with Gasteiger partial charge in [0.05, 0.1) is 23.3 Å². The van der Waals surface area contributed by atoms with Gasteiger partial charge in [-0.15, -0.1) is 0 Å². The van der Waals surface area contributed by atoms with Crippen molar-refractivity contribution in [3.05, 3.63) is 58.2 Å². The highest BCUT2D eigenvalue weighted by atomic mass is 79.9. The van der Waals surface area contributed by atoms with E-state index in [9.17, 15) is 4.79 Å². The lowest BCUT2D eigenvalue weighted by Crippen LogP contribution is -2.12. The summed E-state index contributed by atoms with van der Waals surface area (Å²) in [6.07, 6.45) is 6.65. The van der Waals surface area contributed by atoms with Crippen molar-refractivity contribution in [3.8, 4) is 0 Å². The molecule has 1 heterocycles. The second-order valence-electron chi connectivity index (χ2n) is 6.74. The maximum absolute atomic E-state index is 12.9. The third-order valence-corrected chi connectivity index (χ3v) is 5.33. The zero-order valence-corrected chi connectivity index (χ0v) is 15.7. The molecule has 3 aromatic rings. The number of nitrogens with zero attached hydrogens (tertiary/aromatic N) is 2. The smallest absolute Gasteiger partial charge is 0.256 e. The summed E-state index contributed by atoms with van der Waals surface area (Å²) < 4.78 is 2.99. The number of halogens is 1. The second-order valence-corrected chi connectivity index (χ2v) is 7.65. The fourth-order valence-electron chi connectivity index (χ4n) is 3.66. The van der Waals surface area contributed by atoms with Crippen LogP contribution >= 0.6 is 15.9 Å². The lowest BCUT2D eigenvalue weighted by molar-refractivity contribution is 0.102. The van der Waals surface area contributed by atoms with Crippen molar-refractivity contribution >= 4 is 38.4 Å². The van der Waals surface area contributed by atoms with Crippen LogP contribution in [0.4, 0.5) is 5.69 Å². The molecule has 1 aliphatic rings. The van der Waals surface area contributed by atoms with Gasteiger partial charge in [0.2, 0.25) is 0 Å². The molecule has 1 aliphatic carbocycles. The molecule has 5 heteroatoms.